The normalized spacial score (nSPS) is 12.7. The van der Waals surface area contributed by atoms with Crippen molar-refractivity contribution < 1.29 is 19.2 Å². The van der Waals surface area contributed by atoms with E-state index in [0.29, 0.717) is 12.4 Å². The van der Waals surface area contributed by atoms with Gasteiger partial charge in [0.05, 0.1) is 30.4 Å². The Labute approximate surface area is 164 Å². The average molecular weight is 387 g/mol. The molecule has 0 aromatic heterocycles. The molecule has 2 N–H and O–H groups in total. The molecule has 0 unspecified atom stereocenters. The molecule has 0 spiro atoms. The third-order valence-corrected chi connectivity index (χ3v) is 4.24. The number of nitro benzene ring substituents is 1. The van der Waals surface area contributed by atoms with Gasteiger partial charge >= 0.3 is 0 Å². The highest BCUT2D eigenvalue weighted by Crippen LogP contribution is 2.29. The van der Waals surface area contributed by atoms with E-state index in [1.807, 2.05) is 38.1 Å². The van der Waals surface area contributed by atoms with Crippen LogP contribution in [0.3, 0.4) is 0 Å². The summed E-state index contributed by atoms with van der Waals surface area (Å²) in [5, 5.41) is 16.9. The zero-order chi connectivity index (χ0) is 20.7. The minimum atomic E-state index is -0.537. The Balaban J connectivity index is 2.04. The second kappa shape index (κ2) is 9.70. The maximum atomic E-state index is 12.5. The predicted octanol–water partition coefficient (Wildman–Crippen LogP) is 3.68. The van der Waals surface area contributed by atoms with E-state index in [4.69, 9.17) is 9.47 Å². The predicted molar refractivity (Wildman–Crippen MR) is 107 cm³/mol. The number of ether oxygens (including phenoxy) is 2. The van der Waals surface area contributed by atoms with Crippen molar-refractivity contribution in [2.75, 3.05) is 19.0 Å². The molecular weight excluding hydrogens is 362 g/mol. The minimum absolute atomic E-state index is 0.0802. The molecule has 2 rings (SSSR count). The van der Waals surface area contributed by atoms with Crippen LogP contribution in [0, 0.1) is 10.1 Å². The Kier molecular flexibility index (Phi) is 7.34. The number of nitrogens with zero attached hydrogens (tertiary/aromatic N) is 1. The van der Waals surface area contributed by atoms with E-state index >= 15 is 0 Å². The number of hydrogen-bond acceptors (Lipinski definition) is 6. The van der Waals surface area contributed by atoms with E-state index in [-0.39, 0.29) is 23.3 Å². The van der Waals surface area contributed by atoms with Gasteiger partial charge in [-0.1, -0.05) is 12.1 Å². The second-order valence-electron chi connectivity index (χ2n) is 6.24. The van der Waals surface area contributed by atoms with Crippen molar-refractivity contribution in [3.05, 3.63) is 58.1 Å². The lowest BCUT2D eigenvalue weighted by atomic mass is 10.1. The zero-order valence-corrected chi connectivity index (χ0v) is 16.4. The number of anilines is 1. The molecule has 0 heterocycles. The van der Waals surface area contributed by atoms with Crippen molar-refractivity contribution in [1.82, 2.24) is 5.32 Å². The molecule has 0 bridgehead atoms. The van der Waals surface area contributed by atoms with Crippen LogP contribution in [0.2, 0.25) is 0 Å². The van der Waals surface area contributed by atoms with Crippen LogP contribution >= 0.6 is 0 Å². The summed E-state index contributed by atoms with van der Waals surface area (Å²) in [6, 6.07) is 11.1. The Morgan fingerprint density at radius 3 is 2.43 bits per heavy atom. The highest BCUT2D eigenvalue weighted by Gasteiger charge is 2.19. The van der Waals surface area contributed by atoms with Gasteiger partial charge in [-0.15, -0.1) is 0 Å². The Bertz CT molecular complexity index is 823. The maximum Gasteiger partial charge on any atom is 0.271 e. The SMILES string of the molecule is CCOc1ccc([C@@H](C)N[C@H](C)C(=O)Nc2cc([N+](=O)[O-])ccc2OC)cc1. The van der Waals surface area contributed by atoms with Crippen LogP contribution in [-0.4, -0.2) is 30.6 Å². The van der Waals surface area contributed by atoms with E-state index in [9.17, 15) is 14.9 Å². The number of benzene rings is 2. The Morgan fingerprint density at radius 1 is 1.18 bits per heavy atom. The topological polar surface area (TPSA) is 103 Å². The standard InChI is InChI=1S/C20H25N3O5/c1-5-28-17-9-6-15(7-10-17)13(2)21-14(3)20(24)22-18-12-16(23(25)26)8-11-19(18)27-4/h6-14,21H,5H2,1-4H3,(H,22,24)/t13-,14-/m1/s1. The molecule has 2 aromatic rings. The molecule has 0 aliphatic carbocycles. The summed E-state index contributed by atoms with van der Waals surface area (Å²) in [5.74, 6) is 0.823. The van der Waals surface area contributed by atoms with Crippen molar-refractivity contribution in [2.45, 2.75) is 32.9 Å². The summed E-state index contributed by atoms with van der Waals surface area (Å²) < 4.78 is 10.6. The van der Waals surface area contributed by atoms with Gasteiger partial charge in [0.15, 0.2) is 0 Å². The fourth-order valence-corrected chi connectivity index (χ4v) is 2.71. The molecule has 2 aromatic carbocycles. The monoisotopic (exact) mass is 387 g/mol. The van der Waals surface area contributed by atoms with Gasteiger partial charge in [0.2, 0.25) is 5.91 Å². The van der Waals surface area contributed by atoms with E-state index in [0.717, 1.165) is 11.3 Å². The fraction of sp³-hybridized carbons (Fsp3) is 0.350. The average Bonchev–Trinajstić information content (AvgIpc) is 2.68. The molecule has 8 heteroatoms. The molecule has 150 valence electrons. The lowest BCUT2D eigenvalue weighted by Gasteiger charge is -2.20. The maximum absolute atomic E-state index is 12.5. The summed E-state index contributed by atoms with van der Waals surface area (Å²) in [4.78, 5) is 23.0. The number of carbonyl (C=O) groups excluding carboxylic acids is 1. The molecule has 0 saturated heterocycles. The van der Waals surface area contributed by atoms with Crippen LogP contribution in [0.4, 0.5) is 11.4 Å². The molecular formula is C20H25N3O5. The Hall–Kier alpha value is -3.13. The quantitative estimate of drug-likeness (QED) is 0.503. The van der Waals surface area contributed by atoms with Crippen molar-refractivity contribution in [2.24, 2.45) is 0 Å². The van der Waals surface area contributed by atoms with Crippen molar-refractivity contribution in [1.29, 1.82) is 0 Å². The smallest absolute Gasteiger partial charge is 0.271 e. The molecule has 0 fully saturated rings. The minimum Gasteiger partial charge on any atom is -0.495 e. The van der Waals surface area contributed by atoms with Gasteiger partial charge in [-0.05, 0) is 44.5 Å². The third-order valence-electron chi connectivity index (χ3n) is 4.24. The van der Waals surface area contributed by atoms with Crippen LogP contribution in [0.1, 0.15) is 32.4 Å². The third kappa shape index (κ3) is 5.43. The van der Waals surface area contributed by atoms with Crippen molar-refractivity contribution in [3.8, 4) is 11.5 Å². The van der Waals surface area contributed by atoms with E-state index in [1.54, 1.807) is 6.92 Å². The first kappa shape index (κ1) is 21.2. The Morgan fingerprint density at radius 2 is 1.86 bits per heavy atom. The van der Waals surface area contributed by atoms with Crippen LogP contribution < -0.4 is 20.1 Å². The number of carbonyl (C=O) groups is 1. The van der Waals surface area contributed by atoms with Gasteiger partial charge in [0, 0.05) is 18.2 Å². The van der Waals surface area contributed by atoms with Gasteiger partial charge in [-0.25, -0.2) is 0 Å². The second-order valence-corrected chi connectivity index (χ2v) is 6.24. The van der Waals surface area contributed by atoms with Crippen LogP contribution in [-0.2, 0) is 4.79 Å². The largest absolute Gasteiger partial charge is 0.495 e. The molecule has 0 aliphatic rings. The summed E-state index contributed by atoms with van der Waals surface area (Å²) in [5.41, 5.74) is 1.14. The first-order valence-electron chi connectivity index (χ1n) is 8.97. The molecule has 0 aliphatic heterocycles. The van der Waals surface area contributed by atoms with Crippen molar-refractivity contribution in [3.63, 3.8) is 0 Å². The fourth-order valence-electron chi connectivity index (χ4n) is 2.71. The van der Waals surface area contributed by atoms with E-state index < -0.39 is 11.0 Å². The summed E-state index contributed by atoms with van der Waals surface area (Å²) in [6.45, 7) is 6.21. The van der Waals surface area contributed by atoms with Gasteiger partial charge < -0.3 is 14.8 Å². The number of hydrogen-bond donors (Lipinski definition) is 2. The number of nitro groups is 1. The van der Waals surface area contributed by atoms with Crippen LogP contribution in [0.5, 0.6) is 11.5 Å². The van der Waals surface area contributed by atoms with Gasteiger partial charge in [0.1, 0.15) is 11.5 Å². The van der Waals surface area contributed by atoms with E-state index in [1.165, 1.54) is 25.3 Å². The lowest BCUT2D eigenvalue weighted by Crippen LogP contribution is -2.39. The van der Waals surface area contributed by atoms with E-state index in [2.05, 4.69) is 10.6 Å². The molecule has 0 radical (unpaired) electrons. The zero-order valence-electron chi connectivity index (χ0n) is 16.4. The molecule has 1 amide bonds. The number of non-ortho nitro benzene ring substituents is 1. The number of amides is 1. The van der Waals surface area contributed by atoms with Crippen LogP contribution in [0.15, 0.2) is 42.5 Å². The number of rotatable bonds is 9. The number of methoxy groups -OCH3 is 1. The van der Waals surface area contributed by atoms with Gasteiger partial charge in [0.25, 0.3) is 5.69 Å². The molecule has 0 saturated carbocycles. The van der Waals surface area contributed by atoms with Crippen molar-refractivity contribution >= 4 is 17.3 Å². The summed E-state index contributed by atoms with van der Waals surface area (Å²) in [7, 11) is 1.44. The lowest BCUT2D eigenvalue weighted by molar-refractivity contribution is -0.384. The number of nitrogens with one attached hydrogen (secondary N) is 2. The molecule has 2 atom stereocenters. The highest BCUT2D eigenvalue weighted by atomic mass is 16.6. The summed E-state index contributed by atoms with van der Waals surface area (Å²) in [6.07, 6.45) is 0. The van der Waals surface area contributed by atoms with Gasteiger partial charge in [-0.2, -0.15) is 0 Å². The molecule has 8 nitrogen and oxygen atoms in total. The first-order chi connectivity index (χ1) is 13.3. The van der Waals surface area contributed by atoms with Gasteiger partial charge in [-0.3, -0.25) is 20.2 Å². The highest BCUT2D eigenvalue weighted by molar-refractivity contribution is 5.96. The summed E-state index contributed by atoms with van der Waals surface area (Å²) >= 11 is 0. The van der Waals surface area contributed by atoms with Crippen LogP contribution in [0.25, 0.3) is 0 Å². The first-order valence-corrected chi connectivity index (χ1v) is 8.97. The molecule has 28 heavy (non-hydrogen) atoms.